The monoisotopic (exact) mass is 763 g/mol. The lowest BCUT2D eigenvalue weighted by Crippen LogP contribution is -2.48. The summed E-state index contributed by atoms with van der Waals surface area (Å²) in [6.07, 6.45) is 4.47. The summed E-state index contributed by atoms with van der Waals surface area (Å²) in [6.45, 7) is 8.48. The first-order valence-corrected chi connectivity index (χ1v) is 19.5. The van der Waals surface area contributed by atoms with Crippen LogP contribution in [0.5, 0.6) is 5.88 Å². The van der Waals surface area contributed by atoms with Crippen LogP contribution in [0.1, 0.15) is 19.6 Å². The number of halogens is 2. The number of methoxy groups -OCH3 is 1. The maximum absolute atomic E-state index is 14.6. The number of fused-ring (bicyclic) bond motifs is 1. The Bertz CT molecular complexity index is 2520. The highest BCUT2D eigenvalue weighted by Gasteiger charge is 2.26. The van der Waals surface area contributed by atoms with Gasteiger partial charge in [0.25, 0.3) is 20.0 Å². The molecule has 1 saturated heterocycles. The van der Waals surface area contributed by atoms with Crippen LogP contribution < -0.4 is 9.46 Å². The lowest BCUT2D eigenvalue weighted by molar-refractivity contribution is 0.0992. The van der Waals surface area contributed by atoms with Crippen molar-refractivity contribution in [2.24, 2.45) is 0 Å². The highest BCUT2D eigenvalue weighted by Crippen LogP contribution is 2.37. The smallest absolute Gasteiger partial charge is 0.283 e. The van der Waals surface area contributed by atoms with Crippen molar-refractivity contribution in [2.75, 3.05) is 38.0 Å². The molecule has 1 aliphatic rings. The van der Waals surface area contributed by atoms with E-state index in [2.05, 4.69) is 43.4 Å². The number of hydrogen-bond acceptors (Lipinski definition) is 11. The lowest BCUT2D eigenvalue weighted by atomic mass is 10.0. The number of benzene rings is 3. The minimum absolute atomic E-state index is 0.0174. The zero-order chi connectivity index (χ0) is 37.5. The molecule has 0 bridgehead atoms. The van der Waals surface area contributed by atoms with Gasteiger partial charge in [-0.15, -0.1) is 0 Å². The van der Waals surface area contributed by atoms with Crippen molar-refractivity contribution >= 4 is 36.6 Å². The maximum Gasteiger partial charge on any atom is 0.283 e. The SMILES string of the molecule is COc1ncc(-c2cc(-c3ncc(CN4CCN(C(C)C)CC4)o3)c3cnn(S(=O)(=O)c4ccccc4)c3c2)cc1NS(=O)(=O)c1ccc(F)cc1F. The summed E-state index contributed by atoms with van der Waals surface area (Å²) >= 11 is 0. The van der Waals surface area contributed by atoms with Gasteiger partial charge in [-0.1, -0.05) is 18.2 Å². The summed E-state index contributed by atoms with van der Waals surface area (Å²) in [5.41, 5.74) is 1.18. The fourth-order valence-corrected chi connectivity index (χ4v) is 8.62. The Hall–Kier alpha value is -5.23. The lowest BCUT2D eigenvalue weighted by Gasteiger charge is -2.36. The molecule has 1 fully saturated rings. The molecule has 0 aliphatic carbocycles. The summed E-state index contributed by atoms with van der Waals surface area (Å²) in [7, 11) is -7.47. The van der Waals surface area contributed by atoms with Gasteiger partial charge in [-0.3, -0.25) is 14.5 Å². The third-order valence-corrected chi connectivity index (χ3v) is 12.0. The standard InChI is InChI=1S/C36H35F2N7O6S2/c1-23(2)44-13-11-43(12-14-44)22-27-20-40-35(51-27)29-15-24(17-33-30(29)21-41-45(33)53(48,49)28-7-5-4-6-8-28)25-16-32(36(50-3)39-19-25)42-52(46,47)34-10-9-26(37)18-31(34)38/h4-10,15-21,23,42H,11-14,22H2,1-3H3. The zero-order valence-corrected chi connectivity index (χ0v) is 30.5. The Labute approximate surface area is 304 Å². The van der Waals surface area contributed by atoms with Crippen LogP contribution in [0.4, 0.5) is 14.5 Å². The van der Waals surface area contributed by atoms with Gasteiger partial charge in [0, 0.05) is 61.0 Å². The van der Waals surface area contributed by atoms with Crippen LogP contribution in [0.2, 0.25) is 0 Å². The van der Waals surface area contributed by atoms with E-state index in [1.165, 1.54) is 37.7 Å². The molecule has 6 aromatic rings. The second kappa shape index (κ2) is 14.3. The number of nitrogens with zero attached hydrogens (tertiary/aromatic N) is 6. The van der Waals surface area contributed by atoms with E-state index in [9.17, 15) is 25.6 Å². The average Bonchev–Trinajstić information content (AvgIpc) is 3.79. The van der Waals surface area contributed by atoms with Crippen molar-refractivity contribution < 1.29 is 34.8 Å². The molecule has 0 spiro atoms. The molecule has 3 aromatic heterocycles. The minimum atomic E-state index is -4.58. The van der Waals surface area contributed by atoms with E-state index < -0.39 is 36.6 Å². The fourth-order valence-electron chi connectivity index (χ4n) is 6.23. The van der Waals surface area contributed by atoms with Crippen LogP contribution in [0.3, 0.4) is 0 Å². The number of piperazine rings is 1. The quantitative estimate of drug-likeness (QED) is 0.175. The summed E-state index contributed by atoms with van der Waals surface area (Å²) in [4.78, 5) is 12.8. The summed E-state index contributed by atoms with van der Waals surface area (Å²) in [5.74, 6) is -1.52. The van der Waals surface area contributed by atoms with E-state index >= 15 is 0 Å². The summed E-state index contributed by atoms with van der Waals surface area (Å²) in [5, 5.41) is 4.72. The maximum atomic E-state index is 14.6. The minimum Gasteiger partial charge on any atom is -0.480 e. The van der Waals surface area contributed by atoms with Crippen LogP contribution in [-0.2, 0) is 26.6 Å². The molecule has 53 heavy (non-hydrogen) atoms. The molecule has 0 radical (unpaired) electrons. The highest BCUT2D eigenvalue weighted by atomic mass is 32.2. The first kappa shape index (κ1) is 36.1. The molecule has 3 aromatic carbocycles. The van der Waals surface area contributed by atoms with E-state index in [1.807, 2.05) is 0 Å². The second-order valence-electron chi connectivity index (χ2n) is 12.8. The van der Waals surface area contributed by atoms with Gasteiger partial charge in [-0.25, -0.2) is 27.2 Å². The third kappa shape index (κ3) is 7.24. The van der Waals surface area contributed by atoms with Crippen LogP contribution in [-0.4, -0.2) is 85.1 Å². The van der Waals surface area contributed by atoms with Crippen LogP contribution in [0.15, 0.2) is 99.5 Å². The van der Waals surface area contributed by atoms with Crippen LogP contribution in [0.25, 0.3) is 33.5 Å². The van der Waals surface area contributed by atoms with Gasteiger partial charge < -0.3 is 9.15 Å². The Kier molecular flexibility index (Phi) is 9.75. The fraction of sp³-hybridized carbons (Fsp3) is 0.250. The molecule has 276 valence electrons. The van der Waals surface area contributed by atoms with E-state index in [-0.39, 0.29) is 27.9 Å². The number of nitrogens with one attached hydrogen (secondary N) is 1. The predicted octanol–water partition coefficient (Wildman–Crippen LogP) is 5.60. The average molecular weight is 764 g/mol. The number of anilines is 1. The van der Waals surface area contributed by atoms with E-state index in [0.717, 1.165) is 42.4 Å². The van der Waals surface area contributed by atoms with E-state index in [4.69, 9.17) is 9.15 Å². The van der Waals surface area contributed by atoms with Crippen LogP contribution in [0, 0.1) is 11.6 Å². The molecule has 7 rings (SSSR count). The second-order valence-corrected chi connectivity index (χ2v) is 16.2. The topological polar surface area (TPSA) is 153 Å². The van der Waals surface area contributed by atoms with Gasteiger partial charge >= 0.3 is 0 Å². The van der Waals surface area contributed by atoms with Gasteiger partial charge in [0.05, 0.1) is 36.5 Å². The van der Waals surface area contributed by atoms with Crippen molar-refractivity contribution in [1.29, 1.82) is 0 Å². The van der Waals surface area contributed by atoms with Crippen molar-refractivity contribution in [3.05, 3.63) is 103 Å². The molecule has 0 atom stereocenters. The predicted molar refractivity (Wildman–Crippen MR) is 193 cm³/mol. The van der Waals surface area contributed by atoms with Gasteiger partial charge in [-0.2, -0.15) is 17.6 Å². The largest absolute Gasteiger partial charge is 0.480 e. The Morgan fingerprint density at radius 2 is 1.64 bits per heavy atom. The Balaban J connectivity index is 1.32. The van der Waals surface area contributed by atoms with E-state index in [0.29, 0.717) is 46.5 Å². The molecule has 13 nitrogen and oxygen atoms in total. The molecular weight excluding hydrogens is 729 g/mol. The van der Waals surface area contributed by atoms with Crippen LogP contribution >= 0.6 is 0 Å². The number of sulfonamides is 1. The zero-order valence-electron chi connectivity index (χ0n) is 28.9. The van der Waals surface area contributed by atoms with Crippen molar-refractivity contribution in [3.8, 4) is 28.5 Å². The molecule has 4 heterocycles. The van der Waals surface area contributed by atoms with Crippen molar-refractivity contribution in [2.45, 2.75) is 36.2 Å². The first-order valence-electron chi connectivity index (χ1n) is 16.6. The molecule has 0 amide bonds. The normalized spacial score (nSPS) is 14.6. The number of hydrogen-bond donors (Lipinski definition) is 1. The molecule has 1 N–H and O–H groups in total. The van der Waals surface area contributed by atoms with Gasteiger partial charge in [-0.05, 0) is 61.9 Å². The molecule has 17 heteroatoms. The Morgan fingerprint density at radius 1 is 0.887 bits per heavy atom. The summed E-state index contributed by atoms with van der Waals surface area (Å²) < 4.78 is 97.1. The number of pyridine rings is 1. The molecular formula is C36H35F2N7O6S2. The molecule has 1 aliphatic heterocycles. The number of rotatable bonds is 11. The number of aromatic nitrogens is 4. The van der Waals surface area contributed by atoms with Gasteiger partial charge in [0.1, 0.15) is 28.0 Å². The van der Waals surface area contributed by atoms with Crippen molar-refractivity contribution in [1.82, 2.24) is 29.0 Å². The van der Waals surface area contributed by atoms with Gasteiger partial charge in [0.15, 0.2) is 0 Å². The van der Waals surface area contributed by atoms with E-state index in [1.54, 1.807) is 36.5 Å². The number of ether oxygens (including phenoxy) is 1. The summed E-state index contributed by atoms with van der Waals surface area (Å²) in [6, 6.07) is 15.1. The molecule has 0 unspecified atom stereocenters. The highest BCUT2D eigenvalue weighted by molar-refractivity contribution is 7.92. The molecule has 0 saturated carbocycles. The van der Waals surface area contributed by atoms with Gasteiger partial charge in [0.2, 0.25) is 11.8 Å². The number of oxazole rings is 1. The third-order valence-electron chi connectivity index (χ3n) is 9.03. The van der Waals surface area contributed by atoms with Crippen molar-refractivity contribution in [3.63, 3.8) is 0 Å². The first-order chi connectivity index (χ1) is 25.3. The Morgan fingerprint density at radius 3 is 2.34 bits per heavy atom.